The van der Waals surface area contributed by atoms with E-state index < -0.39 is 17.5 Å². The van der Waals surface area contributed by atoms with Gasteiger partial charge < -0.3 is 15.8 Å². The van der Waals surface area contributed by atoms with Crippen LogP contribution in [0.2, 0.25) is 0 Å². The number of anilines is 3. The SMILES string of the molecule is CC(C)Oc1cc(Nc2ccc(F)c(F)c2)c(N)cc1F. The van der Waals surface area contributed by atoms with Gasteiger partial charge in [-0.2, -0.15) is 0 Å². The molecule has 0 unspecified atom stereocenters. The lowest BCUT2D eigenvalue weighted by molar-refractivity contribution is 0.231. The molecule has 2 rings (SSSR count). The summed E-state index contributed by atoms with van der Waals surface area (Å²) in [7, 11) is 0. The number of halogens is 3. The average Bonchev–Trinajstić information content (AvgIpc) is 2.39. The topological polar surface area (TPSA) is 47.3 Å². The Morgan fingerprint density at radius 3 is 2.33 bits per heavy atom. The molecule has 0 aliphatic heterocycles. The van der Waals surface area contributed by atoms with E-state index in [-0.39, 0.29) is 17.5 Å². The summed E-state index contributed by atoms with van der Waals surface area (Å²) >= 11 is 0. The summed E-state index contributed by atoms with van der Waals surface area (Å²) in [6, 6.07) is 5.82. The first-order valence-corrected chi connectivity index (χ1v) is 6.34. The number of nitrogens with two attached hydrogens (primary N) is 1. The molecule has 0 heterocycles. The zero-order valence-corrected chi connectivity index (χ0v) is 11.6. The van der Waals surface area contributed by atoms with E-state index in [2.05, 4.69) is 5.32 Å². The van der Waals surface area contributed by atoms with Gasteiger partial charge in [0.05, 0.1) is 17.5 Å². The van der Waals surface area contributed by atoms with Crippen molar-refractivity contribution in [2.45, 2.75) is 20.0 Å². The second-order valence-corrected chi connectivity index (χ2v) is 4.79. The van der Waals surface area contributed by atoms with Gasteiger partial charge >= 0.3 is 0 Å². The Balaban J connectivity index is 2.32. The summed E-state index contributed by atoms with van der Waals surface area (Å²) in [4.78, 5) is 0. The number of hydrogen-bond acceptors (Lipinski definition) is 3. The molecule has 0 saturated heterocycles. The molecule has 3 nitrogen and oxygen atoms in total. The highest BCUT2D eigenvalue weighted by Crippen LogP contribution is 2.31. The normalized spacial score (nSPS) is 10.8. The minimum absolute atomic E-state index is 0.0317. The molecule has 3 N–H and O–H groups in total. The molecular weight excluding hydrogens is 281 g/mol. The fraction of sp³-hybridized carbons (Fsp3) is 0.200. The van der Waals surface area contributed by atoms with E-state index >= 15 is 0 Å². The quantitative estimate of drug-likeness (QED) is 0.831. The van der Waals surface area contributed by atoms with Gasteiger partial charge in [-0.1, -0.05) is 0 Å². The second-order valence-electron chi connectivity index (χ2n) is 4.79. The maximum absolute atomic E-state index is 13.7. The Bertz CT molecular complexity index is 660. The minimum Gasteiger partial charge on any atom is -0.488 e. The van der Waals surface area contributed by atoms with Crippen LogP contribution in [0.15, 0.2) is 30.3 Å². The van der Waals surface area contributed by atoms with E-state index in [0.717, 1.165) is 18.2 Å². The third-order valence-electron chi connectivity index (χ3n) is 2.67. The van der Waals surface area contributed by atoms with Crippen LogP contribution in [0.3, 0.4) is 0 Å². The van der Waals surface area contributed by atoms with Crippen LogP contribution in [0.4, 0.5) is 30.2 Å². The maximum Gasteiger partial charge on any atom is 0.167 e. The number of benzene rings is 2. The lowest BCUT2D eigenvalue weighted by Crippen LogP contribution is -2.08. The predicted octanol–water partition coefficient (Wildman–Crippen LogP) is 4.22. The van der Waals surface area contributed by atoms with Gasteiger partial charge in [-0.25, -0.2) is 13.2 Å². The molecule has 0 aliphatic rings. The molecule has 0 aromatic heterocycles. The van der Waals surface area contributed by atoms with Gasteiger partial charge in [0.25, 0.3) is 0 Å². The highest BCUT2D eigenvalue weighted by atomic mass is 19.2. The van der Waals surface area contributed by atoms with E-state index in [0.29, 0.717) is 11.4 Å². The number of nitrogens with one attached hydrogen (secondary N) is 1. The standard InChI is InChI=1S/C15H15F3N2O/c1-8(2)21-15-7-14(13(19)6-12(15)18)20-9-3-4-10(16)11(17)5-9/h3-8,20H,19H2,1-2H3. The van der Waals surface area contributed by atoms with Crippen LogP contribution in [0.1, 0.15) is 13.8 Å². The Morgan fingerprint density at radius 2 is 1.71 bits per heavy atom. The maximum atomic E-state index is 13.7. The lowest BCUT2D eigenvalue weighted by atomic mass is 10.2. The fourth-order valence-electron chi connectivity index (χ4n) is 1.75. The van der Waals surface area contributed by atoms with Crippen LogP contribution in [0.5, 0.6) is 5.75 Å². The number of nitrogen functional groups attached to an aromatic ring is 1. The molecule has 0 amide bonds. The van der Waals surface area contributed by atoms with Crippen molar-refractivity contribution in [3.63, 3.8) is 0 Å². The molecule has 0 fully saturated rings. The number of ether oxygens (including phenoxy) is 1. The van der Waals surface area contributed by atoms with E-state index in [4.69, 9.17) is 10.5 Å². The first-order valence-electron chi connectivity index (χ1n) is 6.34. The summed E-state index contributed by atoms with van der Waals surface area (Å²) in [5, 5.41) is 2.80. The summed E-state index contributed by atoms with van der Waals surface area (Å²) < 4.78 is 45.1. The molecule has 0 bridgehead atoms. The molecule has 0 atom stereocenters. The van der Waals surface area contributed by atoms with E-state index in [1.54, 1.807) is 13.8 Å². The Labute approximate surface area is 120 Å². The van der Waals surface area contributed by atoms with Crippen LogP contribution >= 0.6 is 0 Å². The molecule has 0 aliphatic carbocycles. The third-order valence-corrected chi connectivity index (χ3v) is 2.67. The monoisotopic (exact) mass is 296 g/mol. The van der Waals surface area contributed by atoms with Gasteiger partial charge in [0.15, 0.2) is 23.2 Å². The molecule has 2 aromatic rings. The fourth-order valence-corrected chi connectivity index (χ4v) is 1.75. The Hall–Kier alpha value is -2.37. The van der Waals surface area contributed by atoms with Gasteiger partial charge in [0.1, 0.15) is 0 Å². The highest BCUT2D eigenvalue weighted by Gasteiger charge is 2.11. The van der Waals surface area contributed by atoms with Crippen LogP contribution in [0, 0.1) is 17.5 Å². The Kier molecular flexibility index (Phi) is 4.26. The molecule has 21 heavy (non-hydrogen) atoms. The number of hydrogen-bond donors (Lipinski definition) is 2. The molecule has 0 saturated carbocycles. The molecular formula is C15H15F3N2O. The van der Waals surface area contributed by atoms with Crippen molar-refractivity contribution >= 4 is 17.1 Å². The minimum atomic E-state index is -0.987. The molecule has 2 aromatic carbocycles. The lowest BCUT2D eigenvalue weighted by Gasteiger charge is -2.15. The van der Waals surface area contributed by atoms with Crippen LogP contribution in [0.25, 0.3) is 0 Å². The summed E-state index contributed by atoms with van der Waals surface area (Å²) in [5.74, 6) is -2.49. The third kappa shape index (κ3) is 3.59. The summed E-state index contributed by atoms with van der Waals surface area (Å²) in [6.07, 6.45) is -0.209. The summed E-state index contributed by atoms with van der Waals surface area (Å²) in [6.45, 7) is 3.52. The van der Waals surface area contributed by atoms with Gasteiger partial charge in [-0.3, -0.25) is 0 Å². The molecule has 112 valence electrons. The van der Waals surface area contributed by atoms with Gasteiger partial charge in [0.2, 0.25) is 0 Å². The van der Waals surface area contributed by atoms with E-state index in [1.165, 1.54) is 12.1 Å². The van der Waals surface area contributed by atoms with E-state index in [1.807, 2.05) is 0 Å². The largest absolute Gasteiger partial charge is 0.488 e. The molecule has 0 spiro atoms. The van der Waals surface area contributed by atoms with Crippen molar-refractivity contribution in [1.82, 2.24) is 0 Å². The molecule has 6 heteroatoms. The van der Waals surface area contributed by atoms with Crippen molar-refractivity contribution in [2.75, 3.05) is 11.1 Å². The van der Waals surface area contributed by atoms with Gasteiger partial charge in [0, 0.05) is 23.9 Å². The first-order chi connectivity index (χ1) is 9.86. The second kappa shape index (κ2) is 5.95. The van der Waals surface area contributed by atoms with Gasteiger partial charge in [-0.05, 0) is 26.0 Å². The number of rotatable bonds is 4. The van der Waals surface area contributed by atoms with Crippen molar-refractivity contribution < 1.29 is 17.9 Å². The van der Waals surface area contributed by atoms with Crippen LogP contribution in [-0.4, -0.2) is 6.10 Å². The van der Waals surface area contributed by atoms with Crippen LogP contribution in [-0.2, 0) is 0 Å². The zero-order valence-electron chi connectivity index (χ0n) is 11.6. The first kappa shape index (κ1) is 15.0. The highest BCUT2D eigenvalue weighted by molar-refractivity contribution is 5.74. The van der Waals surface area contributed by atoms with Crippen molar-refractivity contribution in [2.24, 2.45) is 0 Å². The smallest absolute Gasteiger partial charge is 0.167 e. The zero-order chi connectivity index (χ0) is 15.6. The van der Waals surface area contributed by atoms with Crippen molar-refractivity contribution in [1.29, 1.82) is 0 Å². The summed E-state index contributed by atoms with van der Waals surface area (Å²) in [5.41, 5.74) is 6.48. The predicted molar refractivity (Wildman–Crippen MR) is 76.2 cm³/mol. The van der Waals surface area contributed by atoms with E-state index in [9.17, 15) is 13.2 Å². The van der Waals surface area contributed by atoms with Gasteiger partial charge in [-0.15, -0.1) is 0 Å². The van der Waals surface area contributed by atoms with Crippen molar-refractivity contribution in [3.05, 3.63) is 47.8 Å². The van der Waals surface area contributed by atoms with Crippen LogP contribution < -0.4 is 15.8 Å². The van der Waals surface area contributed by atoms with Crippen molar-refractivity contribution in [3.8, 4) is 5.75 Å². The average molecular weight is 296 g/mol. The molecule has 0 radical (unpaired) electrons. The Morgan fingerprint density at radius 1 is 1.00 bits per heavy atom.